The summed E-state index contributed by atoms with van der Waals surface area (Å²) < 4.78 is 20.4. The van der Waals surface area contributed by atoms with Crippen molar-refractivity contribution in [2.75, 3.05) is 18.4 Å². The van der Waals surface area contributed by atoms with Gasteiger partial charge in [-0.1, -0.05) is 23.2 Å². The van der Waals surface area contributed by atoms with Gasteiger partial charge < -0.3 is 20.5 Å². The van der Waals surface area contributed by atoms with Gasteiger partial charge in [-0.25, -0.2) is 14.4 Å². The van der Waals surface area contributed by atoms with Gasteiger partial charge in [0.2, 0.25) is 0 Å². The molecule has 6 nitrogen and oxygen atoms in total. The summed E-state index contributed by atoms with van der Waals surface area (Å²) in [7, 11) is 0. The lowest BCUT2D eigenvalue weighted by Gasteiger charge is -2.24. The fourth-order valence-corrected chi connectivity index (χ4v) is 3.42. The van der Waals surface area contributed by atoms with Gasteiger partial charge in [-0.05, 0) is 44.1 Å². The van der Waals surface area contributed by atoms with E-state index in [-0.39, 0.29) is 27.6 Å². The Morgan fingerprint density at radius 1 is 1.18 bits per heavy atom. The molecular weight excluding hydrogens is 406 g/mol. The monoisotopic (exact) mass is 422 g/mol. The normalized spacial score (nSPS) is 15.0. The number of piperidine rings is 1. The van der Waals surface area contributed by atoms with Crippen LogP contribution in [0.25, 0.3) is 10.9 Å². The molecule has 1 aliphatic heterocycles. The second-order valence-corrected chi connectivity index (χ2v) is 7.26. The van der Waals surface area contributed by atoms with Crippen LogP contribution >= 0.6 is 23.2 Å². The van der Waals surface area contributed by atoms with Gasteiger partial charge in [0.05, 0.1) is 21.2 Å². The summed E-state index contributed by atoms with van der Waals surface area (Å²) in [4.78, 5) is 8.37. The highest BCUT2D eigenvalue weighted by Crippen LogP contribution is 2.36. The number of fused-ring (bicyclic) bond motifs is 1. The van der Waals surface area contributed by atoms with Crippen LogP contribution in [0.5, 0.6) is 11.5 Å². The van der Waals surface area contributed by atoms with Gasteiger partial charge in [-0.3, -0.25) is 0 Å². The van der Waals surface area contributed by atoms with Crippen molar-refractivity contribution < 1.29 is 14.2 Å². The number of halogens is 3. The molecule has 0 radical (unpaired) electrons. The number of benzene rings is 2. The third kappa shape index (κ3) is 3.78. The number of anilines is 2. The van der Waals surface area contributed by atoms with E-state index in [0.717, 1.165) is 25.9 Å². The maximum absolute atomic E-state index is 14.4. The number of nitrogens with zero attached hydrogens (tertiary/aromatic N) is 2. The van der Waals surface area contributed by atoms with Crippen LogP contribution in [-0.4, -0.2) is 34.3 Å². The molecule has 4 rings (SSSR count). The molecule has 0 aliphatic carbocycles. The first-order valence-electron chi connectivity index (χ1n) is 8.78. The molecule has 2 aromatic carbocycles. The SMILES string of the molecule is Oc1cc2ncnc(Nc3ccc(Cl)c(Cl)c3F)c2cc1OC1CCNCC1. The lowest BCUT2D eigenvalue weighted by Crippen LogP contribution is -2.34. The number of rotatable bonds is 4. The molecule has 146 valence electrons. The second kappa shape index (κ2) is 7.95. The van der Waals surface area contributed by atoms with E-state index in [1.807, 2.05) is 0 Å². The number of hydrogen-bond donors (Lipinski definition) is 3. The molecule has 3 aromatic rings. The van der Waals surface area contributed by atoms with Gasteiger partial charge in [-0.15, -0.1) is 0 Å². The predicted octanol–water partition coefficient (Wildman–Crippen LogP) is 4.66. The third-order valence-corrected chi connectivity index (χ3v) is 5.37. The molecule has 0 unspecified atom stereocenters. The highest BCUT2D eigenvalue weighted by atomic mass is 35.5. The highest BCUT2D eigenvalue weighted by molar-refractivity contribution is 6.42. The zero-order chi connectivity index (χ0) is 19.7. The fourth-order valence-electron chi connectivity index (χ4n) is 3.11. The number of phenols is 1. The summed E-state index contributed by atoms with van der Waals surface area (Å²) in [6.45, 7) is 1.73. The summed E-state index contributed by atoms with van der Waals surface area (Å²) in [6, 6.07) is 6.13. The van der Waals surface area contributed by atoms with Gasteiger partial charge in [0.1, 0.15) is 18.2 Å². The van der Waals surface area contributed by atoms with Crippen molar-refractivity contribution in [2.45, 2.75) is 18.9 Å². The van der Waals surface area contributed by atoms with E-state index >= 15 is 0 Å². The minimum absolute atomic E-state index is 0.00333. The van der Waals surface area contributed by atoms with Crippen molar-refractivity contribution in [3.05, 3.63) is 46.5 Å². The molecule has 28 heavy (non-hydrogen) atoms. The molecule has 1 saturated heterocycles. The van der Waals surface area contributed by atoms with Crippen LogP contribution in [0.3, 0.4) is 0 Å². The molecule has 3 N–H and O–H groups in total. The molecule has 1 aliphatic rings. The van der Waals surface area contributed by atoms with E-state index in [4.69, 9.17) is 27.9 Å². The topological polar surface area (TPSA) is 79.3 Å². The molecule has 1 aromatic heterocycles. The zero-order valence-electron chi connectivity index (χ0n) is 14.7. The van der Waals surface area contributed by atoms with Crippen LogP contribution in [0.1, 0.15) is 12.8 Å². The molecule has 0 amide bonds. The Hall–Kier alpha value is -2.35. The highest BCUT2D eigenvalue weighted by Gasteiger charge is 2.18. The quantitative estimate of drug-likeness (QED) is 0.530. The zero-order valence-corrected chi connectivity index (χ0v) is 16.2. The Morgan fingerprint density at radius 2 is 1.96 bits per heavy atom. The van der Waals surface area contributed by atoms with Crippen LogP contribution in [0.4, 0.5) is 15.9 Å². The summed E-state index contributed by atoms with van der Waals surface area (Å²) >= 11 is 11.7. The number of nitrogens with one attached hydrogen (secondary N) is 2. The van der Waals surface area contributed by atoms with Gasteiger partial charge in [0.15, 0.2) is 17.3 Å². The number of phenolic OH excluding ortho intramolecular Hbond substituents is 1. The molecule has 0 bridgehead atoms. The predicted molar refractivity (Wildman–Crippen MR) is 107 cm³/mol. The molecule has 0 atom stereocenters. The Morgan fingerprint density at radius 3 is 2.75 bits per heavy atom. The van der Waals surface area contributed by atoms with Crippen LogP contribution in [0.2, 0.25) is 10.0 Å². The number of hydrogen-bond acceptors (Lipinski definition) is 6. The number of aromatic hydroxyl groups is 1. The van der Waals surface area contributed by atoms with E-state index in [1.54, 1.807) is 6.07 Å². The van der Waals surface area contributed by atoms with Crippen molar-refractivity contribution in [2.24, 2.45) is 0 Å². The Bertz CT molecular complexity index is 1030. The molecule has 9 heteroatoms. The molecular formula is C19H17Cl2FN4O2. The number of ether oxygens (including phenoxy) is 1. The summed E-state index contributed by atoms with van der Waals surface area (Å²) in [5.74, 6) is 0.0200. The van der Waals surface area contributed by atoms with E-state index in [2.05, 4.69) is 20.6 Å². The Labute approximate surface area is 170 Å². The standard InChI is InChI=1S/C19H17Cl2FN4O2/c20-12-1-2-13(18(22)17(12)21)26-19-11-7-16(28-10-3-5-23-6-4-10)15(27)8-14(11)24-9-25-19/h1-2,7-10,23,27H,3-6H2,(H,24,25,26). The van der Waals surface area contributed by atoms with Gasteiger partial charge in [0, 0.05) is 11.5 Å². The molecule has 0 spiro atoms. The molecule has 1 fully saturated rings. The average molecular weight is 423 g/mol. The van der Waals surface area contributed by atoms with Crippen molar-refractivity contribution in [3.63, 3.8) is 0 Å². The van der Waals surface area contributed by atoms with E-state index in [0.29, 0.717) is 22.5 Å². The van der Waals surface area contributed by atoms with Crippen molar-refractivity contribution in [1.82, 2.24) is 15.3 Å². The third-order valence-electron chi connectivity index (χ3n) is 4.58. The first-order valence-corrected chi connectivity index (χ1v) is 9.54. The summed E-state index contributed by atoms with van der Waals surface area (Å²) in [5.41, 5.74) is 0.622. The second-order valence-electron chi connectivity index (χ2n) is 6.47. The fraction of sp³-hybridized carbons (Fsp3) is 0.263. The van der Waals surface area contributed by atoms with Crippen LogP contribution in [0, 0.1) is 5.82 Å². The first-order chi connectivity index (χ1) is 13.5. The molecule has 0 saturated carbocycles. The van der Waals surface area contributed by atoms with E-state index in [9.17, 15) is 9.50 Å². The first kappa shape index (κ1) is 19.0. The van der Waals surface area contributed by atoms with Gasteiger partial charge in [0.25, 0.3) is 0 Å². The summed E-state index contributed by atoms with van der Waals surface area (Å²) in [5, 5.41) is 17.0. The maximum atomic E-state index is 14.4. The lowest BCUT2D eigenvalue weighted by atomic mass is 10.1. The largest absolute Gasteiger partial charge is 0.504 e. The van der Waals surface area contributed by atoms with Crippen LogP contribution < -0.4 is 15.4 Å². The van der Waals surface area contributed by atoms with E-state index in [1.165, 1.54) is 24.5 Å². The Balaban J connectivity index is 1.70. The smallest absolute Gasteiger partial charge is 0.166 e. The summed E-state index contributed by atoms with van der Waals surface area (Å²) in [6.07, 6.45) is 3.04. The molecule has 2 heterocycles. The van der Waals surface area contributed by atoms with Crippen LogP contribution in [0.15, 0.2) is 30.6 Å². The van der Waals surface area contributed by atoms with Crippen molar-refractivity contribution in [1.29, 1.82) is 0 Å². The van der Waals surface area contributed by atoms with Gasteiger partial charge >= 0.3 is 0 Å². The van der Waals surface area contributed by atoms with Crippen molar-refractivity contribution >= 4 is 45.6 Å². The minimum Gasteiger partial charge on any atom is -0.504 e. The minimum atomic E-state index is -0.675. The lowest BCUT2D eigenvalue weighted by molar-refractivity contribution is 0.157. The Kier molecular flexibility index (Phi) is 5.39. The number of aromatic nitrogens is 2. The van der Waals surface area contributed by atoms with Gasteiger partial charge in [-0.2, -0.15) is 0 Å². The van der Waals surface area contributed by atoms with E-state index < -0.39 is 5.82 Å². The van der Waals surface area contributed by atoms with Crippen molar-refractivity contribution in [3.8, 4) is 11.5 Å². The maximum Gasteiger partial charge on any atom is 0.166 e. The van der Waals surface area contributed by atoms with Crippen LogP contribution in [-0.2, 0) is 0 Å². The average Bonchev–Trinajstić information content (AvgIpc) is 2.70.